The second-order valence-corrected chi connectivity index (χ2v) is 8.67. The summed E-state index contributed by atoms with van der Waals surface area (Å²) in [5, 5.41) is 0. The standard InChI is InChI=1S/C20H26N2O2S/c1-18-8-5-6-12-20(18)21-13-15-22(16-14-21)25(23,24)17-7-11-19-9-3-2-4-10-19/h2-6,8-10,12H,7,11,13-17H2,1H3. The monoisotopic (exact) mass is 358 g/mol. The molecule has 0 saturated carbocycles. The van der Waals surface area contributed by atoms with Crippen LogP contribution in [0.4, 0.5) is 5.69 Å². The van der Waals surface area contributed by atoms with Crippen molar-refractivity contribution in [2.75, 3.05) is 36.8 Å². The van der Waals surface area contributed by atoms with Crippen molar-refractivity contribution in [3.05, 3.63) is 65.7 Å². The number of anilines is 1. The molecule has 0 spiro atoms. The third-order valence-corrected chi connectivity index (χ3v) is 6.76. The molecule has 0 atom stereocenters. The molecule has 2 aromatic carbocycles. The molecule has 25 heavy (non-hydrogen) atoms. The summed E-state index contributed by atoms with van der Waals surface area (Å²) in [6.07, 6.45) is 1.48. The number of sulfonamides is 1. The van der Waals surface area contributed by atoms with Gasteiger partial charge in [-0.15, -0.1) is 0 Å². The molecule has 1 heterocycles. The van der Waals surface area contributed by atoms with Gasteiger partial charge in [0.2, 0.25) is 10.0 Å². The molecule has 1 fully saturated rings. The van der Waals surface area contributed by atoms with Crippen LogP contribution in [0.1, 0.15) is 17.5 Å². The van der Waals surface area contributed by atoms with E-state index in [0.29, 0.717) is 19.5 Å². The maximum Gasteiger partial charge on any atom is 0.214 e. The molecule has 1 aliphatic rings. The van der Waals surface area contributed by atoms with Crippen molar-refractivity contribution >= 4 is 15.7 Å². The van der Waals surface area contributed by atoms with E-state index in [1.54, 1.807) is 4.31 Å². The molecule has 0 amide bonds. The van der Waals surface area contributed by atoms with E-state index in [2.05, 4.69) is 24.0 Å². The van der Waals surface area contributed by atoms with Crippen LogP contribution in [0.5, 0.6) is 0 Å². The van der Waals surface area contributed by atoms with Crippen molar-refractivity contribution in [1.82, 2.24) is 4.31 Å². The Morgan fingerprint density at radius 2 is 1.52 bits per heavy atom. The van der Waals surface area contributed by atoms with Crippen LogP contribution in [0.25, 0.3) is 0 Å². The van der Waals surface area contributed by atoms with E-state index >= 15 is 0 Å². The molecule has 0 bridgehead atoms. The predicted octanol–water partition coefficient (Wildman–Crippen LogP) is 3.08. The number of rotatable bonds is 6. The number of aryl methyl sites for hydroxylation is 2. The van der Waals surface area contributed by atoms with Gasteiger partial charge < -0.3 is 4.90 Å². The average Bonchev–Trinajstić information content (AvgIpc) is 2.63. The molecule has 0 aliphatic carbocycles. The zero-order valence-corrected chi connectivity index (χ0v) is 15.6. The first-order chi connectivity index (χ1) is 12.1. The van der Waals surface area contributed by atoms with Crippen LogP contribution in [-0.4, -0.2) is 44.7 Å². The Morgan fingerprint density at radius 1 is 0.880 bits per heavy atom. The topological polar surface area (TPSA) is 40.6 Å². The molecular formula is C20H26N2O2S. The van der Waals surface area contributed by atoms with Crippen molar-refractivity contribution in [2.45, 2.75) is 19.8 Å². The Kier molecular flexibility index (Phi) is 5.76. The highest BCUT2D eigenvalue weighted by Gasteiger charge is 2.26. The lowest BCUT2D eigenvalue weighted by Crippen LogP contribution is -2.49. The maximum absolute atomic E-state index is 12.6. The van der Waals surface area contributed by atoms with Gasteiger partial charge in [-0.1, -0.05) is 48.5 Å². The third kappa shape index (κ3) is 4.61. The van der Waals surface area contributed by atoms with Gasteiger partial charge in [0.25, 0.3) is 0 Å². The number of hydrogen-bond acceptors (Lipinski definition) is 3. The lowest BCUT2D eigenvalue weighted by atomic mass is 10.1. The van der Waals surface area contributed by atoms with Crippen LogP contribution in [0.3, 0.4) is 0 Å². The van der Waals surface area contributed by atoms with Crippen molar-refractivity contribution < 1.29 is 8.42 Å². The first kappa shape index (κ1) is 18.0. The Hall–Kier alpha value is -1.85. The van der Waals surface area contributed by atoms with E-state index in [0.717, 1.165) is 19.5 Å². The van der Waals surface area contributed by atoms with E-state index in [-0.39, 0.29) is 5.75 Å². The Bertz CT molecular complexity index is 782. The summed E-state index contributed by atoms with van der Waals surface area (Å²) >= 11 is 0. The van der Waals surface area contributed by atoms with Gasteiger partial charge in [0.15, 0.2) is 0 Å². The molecular weight excluding hydrogens is 332 g/mol. The van der Waals surface area contributed by atoms with Gasteiger partial charge in [-0.3, -0.25) is 0 Å². The van der Waals surface area contributed by atoms with Gasteiger partial charge in [-0.05, 0) is 37.0 Å². The van der Waals surface area contributed by atoms with Crippen molar-refractivity contribution in [1.29, 1.82) is 0 Å². The maximum atomic E-state index is 12.6. The lowest BCUT2D eigenvalue weighted by Gasteiger charge is -2.36. The van der Waals surface area contributed by atoms with Crippen LogP contribution in [0.15, 0.2) is 54.6 Å². The number of hydrogen-bond donors (Lipinski definition) is 0. The zero-order valence-electron chi connectivity index (χ0n) is 14.8. The highest BCUT2D eigenvalue weighted by molar-refractivity contribution is 7.89. The van der Waals surface area contributed by atoms with Crippen LogP contribution in [0, 0.1) is 6.92 Å². The largest absolute Gasteiger partial charge is 0.369 e. The van der Waals surface area contributed by atoms with Crippen LogP contribution < -0.4 is 4.90 Å². The number of para-hydroxylation sites is 1. The summed E-state index contributed by atoms with van der Waals surface area (Å²) in [5.74, 6) is 0.228. The molecule has 0 unspecified atom stereocenters. The highest BCUT2D eigenvalue weighted by Crippen LogP contribution is 2.21. The summed E-state index contributed by atoms with van der Waals surface area (Å²) in [6, 6.07) is 18.3. The molecule has 0 aromatic heterocycles. The normalized spacial score (nSPS) is 16.1. The van der Waals surface area contributed by atoms with Gasteiger partial charge in [-0.2, -0.15) is 4.31 Å². The van der Waals surface area contributed by atoms with E-state index in [4.69, 9.17) is 0 Å². The molecule has 2 aromatic rings. The number of nitrogens with zero attached hydrogens (tertiary/aromatic N) is 2. The summed E-state index contributed by atoms with van der Waals surface area (Å²) in [6.45, 7) is 4.75. The number of benzene rings is 2. The van der Waals surface area contributed by atoms with Crippen molar-refractivity contribution in [3.63, 3.8) is 0 Å². The lowest BCUT2D eigenvalue weighted by molar-refractivity contribution is 0.384. The fourth-order valence-electron chi connectivity index (χ4n) is 3.36. The first-order valence-electron chi connectivity index (χ1n) is 8.88. The molecule has 0 N–H and O–H groups in total. The Labute approximate surface area is 151 Å². The smallest absolute Gasteiger partial charge is 0.214 e. The zero-order chi connectivity index (χ0) is 17.7. The van der Waals surface area contributed by atoms with Crippen LogP contribution in [0.2, 0.25) is 0 Å². The van der Waals surface area contributed by atoms with Crippen molar-refractivity contribution in [2.24, 2.45) is 0 Å². The van der Waals surface area contributed by atoms with Crippen LogP contribution >= 0.6 is 0 Å². The quantitative estimate of drug-likeness (QED) is 0.797. The summed E-state index contributed by atoms with van der Waals surface area (Å²) < 4.78 is 26.8. The predicted molar refractivity (Wildman–Crippen MR) is 104 cm³/mol. The van der Waals surface area contributed by atoms with Gasteiger partial charge in [0.05, 0.1) is 5.75 Å². The van der Waals surface area contributed by atoms with E-state index in [1.165, 1.54) is 16.8 Å². The second-order valence-electron chi connectivity index (χ2n) is 6.58. The number of piperazine rings is 1. The van der Waals surface area contributed by atoms with Gasteiger partial charge >= 0.3 is 0 Å². The van der Waals surface area contributed by atoms with Crippen molar-refractivity contribution in [3.8, 4) is 0 Å². The Balaban J connectivity index is 1.52. The summed E-state index contributed by atoms with van der Waals surface area (Å²) in [5.41, 5.74) is 3.65. The van der Waals surface area contributed by atoms with Gasteiger partial charge in [0.1, 0.15) is 0 Å². The fraction of sp³-hybridized carbons (Fsp3) is 0.400. The van der Waals surface area contributed by atoms with E-state index in [9.17, 15) is 8.42 Å². The highest BCUT2D eigenvalue weighted by atomic mass is 32.2. The summed E-state index contributed by atoms with van der Waals surface area (Å²) in [4.78, 5) is 2.28. The van der Waals surface area contributed by atoms with E-state index in [1.807, 2.05) is 42.5 Å². The molecule has 3 rings (SSSR count). The first-order valence-corrected chi connectivity index (χ1v) is 10.5. The Morgan fingerprint density at radius 3 is 2.20 bits per heavy atom. The second kappa shape index (κ2) is 8.02. The fourth-order valence-corrected chi connectivity index (χ4v) is 4.84. The molecule has 5 heteroatoms. The molecule has 1 aliphatic heterocycles. The molecule has 0 radical (unpaired) electrons. The minimum absolute atomic E-state index is 0.228. The molecule has 1 saturated heterocycles. The minimum Gasteiger partial charge on any atom is -0.369 e. The SMILES string of the molecule is Cc1ccccc1N1CCN(S(=O)(=O)CCCc2ccccc2)CC1. The minimum atomic E-state index is -3.16. The van der Waals surface area contributed by atoms with E-state index < -0.39 is 10.0 Å². The van der Waals surface area contributed by atoms with Gasteiger partial charge in [-0.25, -0.2) is 8.42 Å². The van der Waals surface area contributed by atoms with Crippen LogP contribution in [-0.2, 0) is 16.4 Å². The molecule has 4 nitrogen and oxygen atoms in total. The summed E-state index contributed by atoms with van der Waals surface area (Å²) in [7, 11) is -3.16. The van der Waals surface area contributed by atoms with Gasteiger partial charge in [0, 0.05) is 31.9 Å². The average molecular weight is 359 g/mol. The molecule has 134 valence electrons. The third-order valence-electron chi connectivity index (χ3n) is 4.80.